The third kappa shape index (κ3) is 2.41. The lowest BCUT2D eigenvalue weighted by atomic mass is 9.49. The fourth-order valence-corrected chi connectivity index (χ4v) is 6.17. The highest BCUT2D eigenvalue weighted by atomic mass is 35.5. The summed E-state index contributed by atoms with van der Waals surface area (Å²) < 4.78 is 5.81. The van der Waals surface area contributed by atoms with Gasteiger partial charge in [0.15, 0.2) is 0 Å². The average molecular weight is 312 g/mol. The van der Waals surface area contributed by atoms with Gasteiger partial charge in [0, 0.05) is 13.1 Å². The third-order valence-electron chi connectivity index (χ3n) is 6.28. The van der Waals surface area contributed by atoms with Crippen molar-refractivity contribution in [2.24, 2.45) is 23.2 Å². The van der Waals surface area contributed by atoms with Crippen LogP contribution in [0.1, 0.15) is 45.4 Å². The van der Waals surface area contributed by atoms with Crippen molar-refractivity contribution >= 4 is 17.5 Å². The molecule has 1 heterocycles. The Bertz CT molecular complexity index is 403. The van der Waals surface area contributed by atoms with Crippen molar-refractivity contribution in [3.05, 3.63) is 0 Å². The van der Waals surface area contributed by atoms with Gasteiger partial charge in [-0.1, -0.05) is 0 Å². The van der Waals surface area contributed by atoms with Crippen LogP contribution in [0.25, 0.3) is 0 Å². The van der Waals surface area contributed by atoms with Crippen LogP contribution < -0.4 is 0 Å². The van der Waals surface area contributed by atoms with Crippen molar-refractivity contribution < 1.29 is 9.53 Å². The Morgan fingerprint density at radius 2 is 1.71 bits per heavy atom. The summed E-state index contributed by atoms with van der Waals surface area (Å²) in [6.45, 7) is 3.49. The van der Waals surface area contributed by atoms with E-state index in [0.717, 1.165) is 43.6 Å². The summed E-state index contributed by atoms with van der Waals surface area (Å²) in [7, 11) is 0. The first-order valence-corrected chi connectivity index (χ1v) is 9.12. The molecule has 5 fully saturated rings. The molecule has 4 heteroatoms. The molecule has 5 rings (SSSR count). The van der Waals surface area contributed by atoms with Crippen LogP contribution in [0.3, 0.4) is 0 Å². The smallest absolute Gasteiger partial charge is 0.228 e. The maximum atomic E-state index is 13.3. The Hall–Kier alpha value is -0.280. The van der Waals surface area contributed by atoms with Crippen molar-refractivity contribution in [3.8, 4) is 0 Å². The number of hydrogen-bond donors (Lipinski definition) is 0. The zero-order chi connectivity index (χ0) is 14.6. The molecule has 1 amide bonds. The fourth-order valence-electron chi connectivity index (χ4n) is 6.00. The minimum Gasteiger partial charge on any atom is -0.370 e. The zero-order valence-corrected chi connectivity index (χ0v) is 13.6. The Morgan fingerprint density at radius 1 is 1.14 bits per heavy atom. The Labute approximate surface area is 132 Å². The quantitative estimate of drug-likeness (QED) is 0.734. The van der Waals surface area contributed by atoms with Crippen molar-refractivity contribution in [1.29, 1.82) is 0 Å². The molecule has 1 aliphatic heterocycles. The Kier molecular flexibility index (Phi) is 3.50. The molecule has 4 saturated carbocycles. The number of alkyl halides is 1. The Morgan fingerprint density at radius 3 is 2.24 bits per heavy atom. The van der Waals surface area contributed by atoms with Crippen LogP contribution in [0.2, 0.25) is 0 Å². The molecule has 4 bridgehead atoms. The van der Waals surface area contributed by atoms with E-state index in [-0.39, 0.29) is 17.6 Å². The number of nitrogens with zero attached hydrogens (tertiary/aromatic N) is 1. The molecule has 0 spiro atoms. The van der Waals surface area contributed by atoms with Crippen LogP contribution in [0.5, 0.6) is 0 Å². The standard InChI is InChI=1S/C17H26ClNO2/c1-11-9-19(10-15(8-18)21-11)16(20)17-5-12-2-13(6-17)4-14(3-12)7-17/h11-15H,2-10H2,1H3. The maximum absolute atomic E-state index is 13.3. The lowest BCUT2D eigenvalue weighted by Gasteiger charge is -2.57. The topological polar surface area (TPSA) is 29.5 Å². The average Bonchev–Trinajstić information content (AvgIpc) is 2.44. The number of carbonyl (C=O) groups excluding carboxylic acids is 1. The van der Waals surface area contributed by atoms with E-state index >= 15 is 0 Å². The number of ether oxygens (including phenoxy) is 1. The number of hydrogen-bond acceptors (Lipinski definition) is 2. The molecule has 1 saturated heterocycles. The van der Waals surface area contributed by atoms with Crippen molar-refractivity contribution in [2.45, 2.75) is 57.7 Å². The van der Waals surface area contributed by atoms with Crippen LogP contribution in [0.4, 0.5) is 0 Å². The first kappa shape index (κ1) is 14.3. The predicted octanol–water partition coefficient (Wildman–Crippen LogP) is 3.06. The van der Waals surface area contributed by atoms with Crippen LogP contribution in [0, 0.1) is 23.2 Å². The summed E-state index contributed by atoms with van der Waals surface area (Å²) in [6.07, 6.45) is 7.72. The minimum atomic E-state index is -0.0251. The van der Waals surface area contributed by atoms with Gasteiger partial charge in [-0.25, -0.2) is 0 Å². The first-order chi connectivity index (χ1) is 10.1. The molecule has 5 aliphatic rings. The normalized spacial score (nSPS) is 48.7. The molecule has 0 aromatic heterocycles. The van der Waals surface area contributed by atoms with Gasteiger partial charge < -0.3 is 9.64 Å². The van der Waals surface area contributed by atoms with Crippen molar-refractivity contribution in [3.63, 3.8) is 0 Å². The van der Waals surface area contributed by atoms with Gasteiger partial charge in [-0.3, -0.25) is 4.79 Å². The van der Waals surface area contributed by atoms with E-state index in [0.29, 0.717) is 18.3 Å². The molecule has 2 atom stereocenters. The molecule has 0 radical (unpaired) electrons. The lowest BCUT2D eigenvalue weighted by molar-refractivity contribution is -0.167. The van der Waals surface area contributed by atoms with E-state index in [1.54, 1.807) is 0 Å². The monoisotopic (exact) mass is 311 g/mol. The van der Waals surface area contributed by atoms with Gasteiger partial charge in [-0.2, -0.15) is 0 Å². The highest BCUT2D eigenvalue weighted by Gasteiger charge is 2.56. The Balaban J connectivity index is 1.54. The summed E-state index contributed by atoms with van der Waals surface area (Å²) in [5.74, 6) is 3.37. The van der Waals surface area contributed by atoms with Gasteiger partial charge in [-0.05, 0) is 63.2 Å². The van der Waals surface area contributed by atoms with E-state index < -0.39 is 0 Å². The van der Waals surface area contributed by atoms with E-state index in [1.807, 2.05) is 0 Å². The molecule has 3 nitrogen and oxygen atoms in total. The van der Waals surface area contributed by atoms with Gasteiger partial charge in [0.2, 0.25) is 5.91 Å². The van der Waals surface area contributed by atoms with Gasteiger partial charge >= 0.3 is 0 Å². The van der Waals surface area contributed by atoms with Gasteiger partial charge in [-0.15, -0.1) is 11.6 Å². The van der Waals surface area contributed by atoms with Crippen LogP contribution in [0.15, 0.2) is 0 Å². The van der Waals surface area contributed by atoms with E-state index in [2.05, 4.69) is 11.8 Å². The molecular formula is C17H26ClNO2. The highest BCUT2D eigenvalue weighted by molar-refractivity contribution is 6.18. The second kappa shape index (κ2) is 5.13. The zero-order valence-electron chi connectivity index (χ0n) is 12.9. The molecule has 4 aliphatic carbocycles. The second-order valence-electron chi connectivity index (χ2n) is 8.13. The number of halogens is 1. The maximum Gasteiger partial charge on any atom is 0.228 e. The SMILES string of the molecule is CC1CN(C(=O)C23CC4CC(CC(C4)C2)C3)CC(CCl)O1. The number of carbonyl (C=O) groups is 1. The van der Waals surface area contributed by atoms with Gasteiger partial charge in [0.05, 0.1) is 23.5 Å². The largest absolute Gasteiger partial charge is 0.370 e. The molecule has 21 heavy (non-hydrogen) atoms. The van der Waals surface area contributed by atoms with E-state index in [9.17, 15) is 4.79 Å². The van der Waals surface area contributed by atoms with Crippen LogP contribution >= 0.6 is 11.6 Å². The second-order valence-corrected chi connectivity index (χ2v) is 8.44. The fraction of sp³-hybridized carbons (Fsp3) is 0.941. The molecule has 118 valence electrons. The van der Waals surface area contributed by atoms with Crippen molar-refractivity contribution in [2.75, 3.05) is 19.0 Å². The number of rotatable bonds is 2. The molecule has 0 aromatic carbocycles. The molecule has 0 aromatic rings. The van der Waals surface area contributed by atoms with Crippen LogP contribution in [-0.4, -0.2) is 42.0 Å². The van der Waals surface area contributed by atoms with Crippen molar-refractivity contribution in [1.82, 2.24) is 4.90 Å². The predicted molar refractivity (Wildman–Crippen MR) is 82.2 cm³/mol. The summed E-state index contributed by atoms with van der Waals surface area (Å²) >= 11 is 5.97. The van der Waals surface area contributed by atoms with Gasteiger partial charge in [0.25, 0.3) is 0 Å². The summed E-state index contributed by atoms with van der Waals surface area (Å²) in [4.78, 5) is 15.4. The molecular weight excluding hydrogens is 286 g/mol. The molecule has 2 unspecified atom stereocenters. The van der Waals surface area contributed by atoms with Crippen LogP contribution in [-0.2, 0) is 9.53 Å². The third-order valence-corrected chi connectivity index (χ3v) is 6.62. The van der Waals surface area contributed by atoms with Gasteiger partial charge in [0.1, 0.15) is 0 Å². The summed E-state index contributed by atoms with van der Waals surface area (Å²) in [6, 6.07) is 0. The minimum absolute atomic E-state index is 0.00767. The first-order valence-electron chi connectivity index (χ1n) is 8.59. The molecule has 0 N–H and O–H groups in total. The summed E-state index contributed by atoms with van der Waals surface area (Å²) in [5, 5.41) is 0. The lowest BCUT2D eigenvalue weighted by Crippen LogP contribution is -2.58. The number of morpholine rings is 1. The van der Waals surface area contributed by atoms with E-state index in [1.165, 1.54) is 19.3 Å². The number of amides is 1. The highest BCUT2D eigenvalue weighted by Crippen LogP contribution is 2.60. The summed E-state index contributed by atoms with van der Waals surface area (Å²) in [5.41, 5.74) is -0.0251. The van der Waals surface area contributed by atoms with E-state index in [4.69, 9.17) is 16.3 Å².